The van der Waals surface area contributed by atoms with E-state index in [9.17, 15) is 0 Å². The maximum absolute atomic E-state index is 8.60. The van der Waals surface area contributed by atoms with E-state index in [2.05, 4.69) is 53.3 Å². The van der Waals surface area contributed by atoms with Crippen molar-refractivity contribution in [3.8, 4) is 6.07 Å². The Kier molecular flexibility index (Phi) is 4.16. The van der Waals surface area contributed by atoms with Crippen LogP contribution in [-0.2, 0) is 0 Å². The summed E-state index contributed by atoms with van der Waals surface area (Å²) in [4.78, 5) is 0. The number of anilines is 1. The summed E-state index contributed by atoms with van der Waals surface area (Å²) in [5, 5.41) is 12.0. The van der Waals surface area contributed by atoms with Crippen LogP contribution in [0.15, 0.2) is 16.6 Å². The summed E-state index contributed by atoms with van der Waals surface area (Å²) in [6, 6.07) is 6.51. The highest BCUT2D eigenvalue weighted by atomic mass is 79.9. The van der Waals surface area contributed by atoms with Crippen molar-refractivity contribution in [1.29, 1.82) is 5.26 Å². The van der Waals surface area contributed by atoms with Crippen LogP contribution in [0.25, 0.3) is 0 Å². The second-order valence-electron chi connectivity index (χ2n) is 3.82. The lowest BCUT2D eigenvalue weighted by Gasteiger charge is -2.17. The summed E-state index contributed by atoms with van der Waals surface area (Å²) in [6.07, 6.45) is 0.523. The van der Waals surface area contributed by atoms with Crippen LogP contribution >= 0.6 is 15.9 Å². The van der Waals surface area contributed by atoms with Gasteiger partial charge in [-0.1, -0.05) is 15.9 Å². The third kappa shape index (κ3) is 3.24. The van der Waals surface area contributed by atoms with Gasteiger partial charge < -0.3 is 5.32 Å². The minimum atomic E-state index is 0.188. The van der Waals surface area contributed by atoms with Crippen molar-refractivity contribution in [2.24, 2.45) is 0 Å². The Morgan fingerprint density at radius 1 is 1.40 bits per heavy atom. The van der Waals surface area contributed by atoms with Crippen molar-refractivity contribution in [2.45, 2.75) is 33.2 Å². The summed E-state index contributed by atoms with van der Waals surface area (Å²) in [6.45, 7) is 6.16. The highest BCUT2D eigenvalue weighted by molar-refractivity contribution is 9.10. The zero-order valence-corrected chi connectivity index (χ0v) is 10.9. The van der Waals surface area contributed by atoms with Crippen molar-refractivity contribution in [2.75, 3.05) is 5.32 Å². The largest absolute Gasteiger partial charge is 0.381 e. The quantitative estimate of drug-likeness (QED) is 0.904. The van der Waals surface area contributed by atoms with Crippen LogP contribution in [0.2, 0.25) is 0 Å². The first kappa shape index (κ1) is 12.1. The van der Waals surface area contributed by atoms with Crippen LogP contribution in [0.1, 0.15) is 24.5 Å². The van der Waals surface area contributed by atoms with Gasteiger partial charge in [-0.15, -0.1) is 0 Å². The summed E-state index contributed by atoms with van der Waals surface area (Å²) < 4.78 is 1.09. The second-order valence-corrected chi connectivity index (χ2v) is 4.74. The van der Waals surface area contributed by atoms with E-state index in [0.29, 0.717) is 6.42 Å². The zero-order valence-electron chi connectivity index (χ0n) is 9.26. The molecule has 0 aliphatic heterocycles. The SMILES string of the molecule is Cc1cc(Br)cc(C)c1NC(C)CC#N. The Hall–Kier alpha value is -1.01. The molecule has 1 unspecified atom stereocenters. The standard InChI is InChI=1S/C12H15BrN2/c1-8-6-11(13)7-9(2)12(8)15-10(3)4-5-14/h6-7,10,15H,4H2,1-3H3. The lowest BCUT2D eigenvalue weighted by molar-refractivity contribution is 0.818. The fourth-order valence-corrected chi connectivity index (χ4v) is 2.26. The summed E-state index contributed by atoms with van der Waals surface area (Å²) in [5.41, 5.74) is 3.54. The molecule has 0 aromatic heterocycles. The van der Waals surface area contributed by atoms with Crippen molar-refractivity contribution >= 4 is 21.6 Å². The first-order valence-electron chi connectivity index (χ1n) is 4.95. The maximum atomic E-state index is 8.60. The molecule has 0 bridgehead atoms. The van der Waals surface area contributed by atoms with Gasteiger partial charge in [-0.05, 0) is 44.0 Å². The van der Waals surface area contributed by atoms with Crippen molar-refractivity contribution in [3.63, 3.8) is 0 Å². The molecule has 0 aliphatic carbocycles. The molecule has 15 heavy (non-hydrogen) atoms. The van der Waals surface area contributed by atoms with Crippen LogP contribution in [0.5, 0.6) is 0 Å². The summed E-state index contributed by atoms with van der Waals surface area (Å²) in [5.74, 6) is 0. The van der Waals surface area contributed by atoms with Gasteiger partial charge in [0.05, 0.1) is 12.5 Å². The number of hydrogen-bond donors (Lipinski definition) is 1. The Labute approximate surface area is 99.4 Å². The van der Waals surface area contributed by atoms with E-state index in [1.165, 1.54) is 11.1 Å². The Morgan fingerprint density at radius 2 is 1.93 bits per heavy atom. The van der Waals surface area contributed by atoms with Crippen molar-refractivity contribution in [3.05, 3.63) is 27.7 Å². The monoisotopic (exact) mass is 266 g/mol. The normalized spacial score (nSPS) is 11.9. The number of nitriles is 1. The van der Waals surface area contributed by atoms with Gasteiger partial charge in [0.2, 0.25) is 0 Å². The van der Waals surface area contributed by atoms with Crippen LogP contribution in [0.4, 0.5) is 5.69 Å². The molecule has 0 heterocycles. The van der Waals surface area contributed by atoms with E-state index >= 15 is 0 Å². The molecule has 1 atom stereocenters. The van der Waals surface area contributed by atoms with E-state index in [1.54, 1.807) is 0 Å². The van der Waals surface area contributed by atoms with Crippen LogP contribution in [0, 0.1) is 25.2 Å². The van der Waals surface area contributed by atoms with Crippen LogP contribution in [-0.4, -0.2) is 6.04 Å². The Balaban J connectivity index is 2.91. The lowest BCUT2D eigenvalue weighted by Crippen LogP contribution is -2.15. The fourth-order valence-electron chi connectivity index (χ4n) is 1.57. The fraction of sp³-hybridized carbons (Fsp3) is 0.417. The topological polar surface area (TPSA) is 35.8 Å². The number of nitrogens with one attached hydrogen (secondary N) is 1. The second kappa shape index (κ2) is 5.18. The highest BCUT2D eigenvalue weighted by Crippen LogP contribution is 2.25. The third-order valence-corrected chi connectivity index (χ3v) is 2.74. The van der Waals surface area contributed by atoms with Gasteiger partial charge >= 0.3 is 0 Å². The van der Waals surface area contributed by atoms with Crippen LogP contribution in [0.3, 0.4) is 0 Å². The average molecular weight is 267 g/mol. The molecule has 0 spiro atoms. The van der Waals surface area contributed by atoms with E-state index < -0.39 is 0 Å². The molecule has 1 aromatic rings. The molecule has 0 radical (unpaired) electrons. The molecular weight excluding hydrogens is 252 g/mol. The Bertz CT molecular complexity index is 370. The number of rotatable bonds is 3. The van der Waals surface area contributed by atoms with E-state index in [1.807, 2.05) is 6.92 Å². The number of benzene rings is 1. The third-order valence-electron chi connectivity index (χ3n) is 2.29. The molecule has 1 N–H and O–H groups in total. The van der Waals surface area contributed by atoms with Crippen molar-refractivity contribution in [1.82, 2.24) is 0 Å². The van der Waals surface area contributed by atoms with Gasteiger partial charge in [-0.3, -0.25) is 0 Å². The zero-order chi connectivity index (χ0) is 11.4. The predicted molar refractivity (Wildman–Crippen MR) is 66.9 cm³/mol. The number of hydrogen-bond acceptors (Lipinski definition) is 2. The van der Waals surface area contributed by atoms with Crippen LogP contribution < -0.4 is 5.32 Å². The van der Waals surface area contributed by atoms with Gasteiger partial charge in [0, 0.05) is 16.2 Å². The lowest BCUT2D eigenvalue weighted by atomic mass is 10.1. The van der Waals surface area contributed by atoms with E-state index in [-0.39, 0.29) is 6.04 Å². The molecule has 2 nitrogen and oxygen atoms in total. The molecule has 0 fully saturated rings. The summed E-state index contributed by atoms with van der Waals surface area (Å²) >= 11 is 3.46. The number of aryl methyl sites for hydroxylation is 2. The molecule has 1 rings (SSSR count). The minimum absolute atomic E-state index is 0.188. The van der Waals surface area contributed by atoms with Crippen molar-refractivity contribution < 1.29 is 0 Å². The molecule has 0 saturated heterocycles. The van der Waals surface area contributed by atoms with Gasteiger partial charge in [0.15, 0.2) is 0 Å². The van der Waals surface area contributed by atoms with Gasteiger partial charge in [-0.2, -0.15) is 5.26 Å². The van der Waals surface area contributed by atoms with Gasteiger partial charge in [-0.25, -0.2) is 0 Å². The van der Waals surface area contributed by atoms with E-state index in [0.717, 1.165) is 10.2 Å². The maximum Gasteiger partial charge on any atom is 0.0643 e. The number of nitrogens with zero attached hydrogens (tertiary/aromatic N) is 1. The highest BCUT2D eigenvalue weighted by Gasteiger charge is 2.07. The Morgan fingerprint density at radius 3 is 2.40 bits per heavy atom. The molecule has 80 valence electrons. The molecule has 3 heteroatoms. The van der Waals surface area contributed by atoms with Gasteiger partial charge in [0.25, 0.3) is 0 Å². The molecule has 0 amide bonds. The smallest absolute Gasteiger partial charge is 0.0643 e. The first-order valence-corrected chi connectivity index (χ1v) is 5.74. The average Bonchev–Trinajstić information content (AvgIpc) is 2.11. The number of halogens is 1. The molecule has 0 aliphatic rings. The van der Waals surface area contributed by atoms with E-state index in [4.69, 9.17) is 5.26 Å². The van der Waals surface area contributed by atoms with Gasteiger partial charge in [0.1, 0.15) is 0 Å². The predicted octanol–water partition coefficient (Wildman–Crippen LogP) is 3.78. The summed E-state index contributed by atoms with van der Waals surface area (Å²) in [7, 11) is 0. The molecule has 0 saturated carbocycles. The molecule has 1 aromatic carbocycles. The minimum Gasteiger partial charge on any atom is -0.381 e. The first-order chi connectivity index (χ1) is 7.04. The molecular formula is C12H15BrN2.